The quantitative estimate of drug-likeness (QED) is 0.736. The minimum atomic E-state index is 0.0372. The number of fused-ring (bicyclic) bond motifs is 1. The maximum atomic E-state index is 12.5. The molecule has 1 amide bonds. The summed E-state index contributed by atoms with van der Waals surface area (Å²) < 4.78 is 7.88. The van der Waals surface area contributed by atoms with Crippen LogP contribution in [0.4, 0.5) is 0 Å². The molecule has 4 rings (SSSR count). The number of para-hydroxylation sites is 3. The lowest BCUT2D eigenvalue weighted by Gasteiger charge is -2.18. The van der Waals surface area contributed by atoms with Gasteiger partial charge in [0.15, 0.2) is 6.61 Å². The number of nitrogens with zero attached hydrogens (tertiary/aromatic N) is 3. The summed E-state index contributed by atoms with van der Waals surface area (Å²) in [5.74, 6) is 0.808. The maximum Gasteiger partial charge on any atom is 0.260 e. The Kier molecular flexibility index (Phi) is 4.14. The first kappa shape index (κ1) is 15.7. The van der Waals surface area contributed by atoms with Crippen LogP contribution < -0.4 is 4.74 Å². The topological polar surface area (TPSA) is 47.4 Å². The molecule has 1 aliphatic heterocycles. The number of benzene rings is 2. The number of carbonyl (C=O) groups excluding carboxylic acids is 1. The molecule has 25 heavy (non-hydrogen) atoms. The van der Waals surface area contributed by atoms with E-state index in [-0.39, 0.29) is 18.6 Å². The number of hydrogen-bond acceptors (Lipinski definition) is 3. The lowest BCUT2D eigenvalue weighted by molar-refractivity contribution is -0.132. The number of hydrogen-bond donors (Lipinski definition) is 0. The molecule has 3 aromatic rings. The van der Waals surface area contributed by atoms with Crippen molar-refractivity contribution in [1.82, 2.24) is 14.5 Å². The van der Waals surface area contributed by atoms with Gasteiger partial charge in [0.25, 0.3) is 5.91 Å². The van der Waals surface area contributed by atoms with E-state index in [1.807, 2.05) is 60.6 Å². The molecular weight excluding hydrogens is 314 g/mol. The Morgan fingerprint density at radius 1 is 1.20 bits per heavy atom. The van der Waals surface area contributed by atoms with Crippen molar-refractivity contribution in [3.05, 3.63) is 60.4 Å². The van der Waals surface area contributed by atoms with Gasteiger partial charge in [-0.15, -0.1) is 0 Å². The zero-order valence-corrected chi connectivity index (χ0v) is 14.3. The highest BCUT2D eigenvalue weighted by molar-refractivity contribution is 5.78. The van der Waals surface area contributed by atoms with Gasteiger partial charge in [-0.25, -0.2) is 4.98 Å². The molecule has 0 aliphatic carbocycles. The van der Waals surface area contributed by atoms with Crippen molar-refractivity contribution >= 4 is 16.9 Å². The van der Waals surface area contributed by atoms with E-state index in [4.69, 9.17) is 4.74 Å². The van der Waals surface area contributed by atoms with E-state index >= 15 is 0 Å². The van der Waals surface area contributed by atoms with Crippen LogP contribution in [0.3, 0.4) is 0 Å². The second-order valence-corrected chi connectivity index (χ2v) is 6.48. The van der Waals surface area contributed by atoms with Crippen molar-refractivity contribution in [3.8, 4) is 5.75 Å². The fraction of sp³-hybridized carbons (Fsp3) is 0.300. The Morgan fingerprint density at radius 3 is 2.88 bits per heavy atom. The summed E-state index contributed by atoms with van der Waals surface area (Å²) in [6, 6.07) is 16.1. The molecule has 5 heteroatoms. The number of amides is 1. The Labute approximate surface area is 146 Å². The Balaban J connectivity index is 1.40. The normalized spacial score (nSPS) is 17.2. The monoisotopic (exact) mass is 335 g/mol. The van der Waals surface area contributed by atoms with E-state index in [1.54, 1.807) is 0 Å². The predicted octanol–water partition coefficient (Wildman–Crippen LogP) is 3.20. The van der Waals surface area contributed by atoms with Crippen LogP contribution in [-0.2, 0) is 4.79 Å². The first-order valence-electron chi connectivity index (χ1n) is 8.60. The molecule has 0 N–H and O–H groups in total. The predicted molar refractivity (Wildman–Crippen MR) is 96.6 cm³/mol. The lowest BCUT2D eigenvalue weighted by atomic mass is 10.2. The fourth-order valence-electron chi connectivity index (χ4n) is 3.41. The SMILES string of the molecule is Cc1ccccc1OCC(=O)N1CC[C@H](n2cnc3ccccc32)C1. The van der Waals surface area contributed by atoms with E-state index in [9.17, 15) is 4.79 Å². The molecule has 1 aromatic heterocycles. The van der Waals surface area contributed by atoms with Gasteiger partial charge >= 0.3 is 0 Å². The third kappa shape index (κ3) is 3.09. The largest absolute Gasteiger partial charge is 0.484 e. The van der Waals surface area contributed by atoms with Crippen LogP contribution in [0, 0.1) is 6.92 Å². The number of aromatic nitrogens is 2. The van der Waals surface area contributed by atoms with Crippen molar-refractivity contribution in [2.24, 2.45) is 0 Å². The molecule has 0 radical (unpaired) electrons. The van der Waals surface area contributed by atoms with Gasteiger partial charge in [0.05, 0.1) is 23.4 Å². The molecule has 0 spiro atoms. The van der Waals surface area contributed by atoms with Gasteiger partial charge in [0, 0.05) is 13.1 Å². The number of ether oxygens (including phenoxy) is 1. The average Bonchev–Trinajstić information content (AvgIpc) is 3.27. The molecule has 128 valence electrons. The minimum absolute atomic E-state index is 0.0372. The van der Waals surface area contributed by atoms with E-state index in [0.29, 0.717) is 6.54 Å². The molecule has 0 saturated carbocycles. The number of imidazole rings is 1. The van der Waals surface area contributed by atoms with Crippen molar-refractivity contribution in [2.75, 3.05) is 19.7 Å². The van der Waals surface area contributed by atoms with Gasteiger partial charge in [0.1, 0.15) is 5.75 Å². The summed E-state index contributed by atoms with van der Waals surface area (Å²) in [7, 11) is 0. The molecule has 5 nitrogen and oxygen atoms in total. The fourth-order valence-corrected chi connectivity index (χ4v) is 3.41. The minimum Gasteiger partial charge on any atom is -0.484 e. The number of rotatable bonds is 4. The molecule has 2 aromatic carbocycles. The molecule has 2 heterocycles. The number of carbonyl (C=O) groups is 1. The summed E-state index contributed by atoms with van der Waals surface area (Å²) >= 11 is 0. The maximum absolute atomic E-state index is 12.5. The molecule has 1 aliphatic rings. The van der Waals surface area contributed by atoms with Crippen LogP contribution in [0.25, 0.3) is 11.0 Å². The first-order chi connectivity index (χ1) is 12.2. The molecule has 0 unspecified atom stereocenters. The van der Waals surface area contributed by atoms with Gasteiger partial charge in [-0.2, -0.15) is 0 Å². The molecule has 0 bridgehead atoms. The van der Waals surface area contributed by atoms with Crippen LogP contribution >= 0.6 is 0 Å². The van der Waals surface area contributed by atoms with Gasteiger partial charge in [-0.1, -0.05) is 30.3 Å². The van der Waals surface area contributed by atoms with Gasteiger partial charge < -0.3 is 14.2 Å². The Hall–Kier alpha value is -2.82. The van der Waals surface area contributed by atoms with Crippen molar-refractivity contribution in [2.45, 2.75) is 19.4 Å². The number of likely N-dealkylation sites (tertiary alicyclic amines) is 1. The van der Waals surface area contributed by atoms with Crippen LogP contribution in [0.15, 0.2) is 54.9 Å². The van der Waals surface area contributed by atoms with Gasteiger partial charge in [0.2, 0.25) is 0 Å². The lowest BCUT2D eigenvalue weighted by Crippen LogP contribution is -2.33. The molecular formula is C20H21N3O2. The first-order valence-corrected chi connectivity index (χ1v) is 8.60. The van der Waals surface area contributed by atoms with Crippen LogP contribution in [0.1, 0.15) is 18.0 Å². The Morgan fingerprint density at radius 2 is 2.00 bits per heavy atom. The van der Waals surface area contributed by atoms with E-state index in [1.165, 1.54) is 0 Å². The van der Waals surface area contributed by atoms with Crippen molar-refractivity contribution < 1.29 is 9.53 Å². The second kappa shape index (κ2) is 6.59. The van der Waals surface area contributed by atoms with Crippen LogP contribution in [0.5, 0.6) is 5.75 Å². The second-order valence-electron chi connectivity index (χ2n) is 6.48. The number of aryl methyl sites for hydroxylation is 1. The van der Waals surface area contributed by atoms with E-state index < -0.39 is 0 Å². The highest BCUT2D eigenvalue weighted by atomic mass is 16.5. The molecule has 1 atom stereocenters. The molecule has 1 saturated heterocycles. The van der Waals surface area contributed by atoms with Crippen LogP contribution in [0.2, 0.25) is 0 Å². The summed E-state index contributed by atoms with van der Waals surface area (Å²) in [5, 5.41) is 0. The van der Waals surface area contributed by atoms with E-state index in [2.05, 4.69) is 15.6 Å². The highest BCUT2D eigenvalue weighted by Crippen LogP contribution is 2.26. The Bertz CT molecular complexity index is 903. The smallest absolute Gasteiger partial charge is 0.260 e. The third-order valence-electron chi connectivity index (χ3n) is 4.84. The van der Waals surface area contributed by atoms with Gasteiger partial charge in [-0.05, 0) is 37.1 Å². The average molecular weight is 335 g/mol. The molecule has 1 fully saturated rings. The van der Waals surface area contributed by atoms with Crippen LogP contribution in [-0.4, -0.2) is 40.1 Å². The zero-order chi connectivity index (χ0) is 17.2. The zero-order valence-electron chi connectivity index (χ0n) is 14.3. The summed E-state index contributed by atoms with van der Waals surface area (Å²) in [6.07, 6.45) is 2.82. The standard InChI is InChI=1S/C20H21N3O2/c1-15-6-2-5-9-19(15)25-13-20(24)22-11-10-16(12-22)23-14-21-17-7-3-4-8-18(17)23/h2-9,14,16H,10-13H2,1H3/t16-/m0/s1. The van der Waals surface area contributed by atoms with E-state index in [0.717, 1.165) is 35.3 Å². The third-order valence-corrected chi connectivity index (χ3v) is 4.84. The summed E-state index contributed by atoms with van der Waals surface area (Å²) in [6.45, 7) is 3.53. The van der Waals surface area contributed by atoms with Crippen molar-refractivity contribution in [3.63, 3.8) is 0 Å². The van der Waals surface area contributed by atoms with Gasteiger partial charge in [-0.3, -0.25) is 4.79 Å². The summed E-state index contributed by atoms with van der Waals surface area (Å²) in [4.78, 5) is 18.8. The summed E-state index contributed by atoms with van der Waals surface area (Å²) in [5.41, 5.74) is 3.16. The highest BCUT2D eigenvalue weighted by Gasteiger charge is 2.28. The van der Waals surface area contributed by atoms with Crippen molar-refractivity contribution in [1.29, 1.82) is 0 Å².